The third-order valence-corrected chi connectivity index (χ3v) is 7.04. The normalized spacial score (nSPS) is 24.0. The fourth-order valence-corrected chi connectivity index (χ4v) is 5.94. The van der Waals surface area contributed by atoms with Gasteiger partial charge in [-0.3, -0.25) is 4.79 Å². The Bertz CT molecular complexity index is 940. The number of rotatable bonds is 3. The molecule has 0 aromatic heterocycles. The molecule has 0 bridgehead atoms. The van der Waals surface area contributed by atoms with Crippen molar-refractivity contribution in [1.29, 1.82) is 0 Å². The standard InChI is InChI=1S/C21H19BrO4S/c1-26-18-7-11-8-19(27-13-4-2-3-12(22)9-13)14-5-6-16(23)21(25)20(14)15(11)10-17(18)24/h2-7,9,11,15,19,23,25H,8,10H2,1H3. The Labute approximate surface area is 170 Å². The second-order valence-electron chi connectivity index (χ2n) is 6.87. The first-order valence-electron chi connectivity index (χ1n) is 8.74. The van der Waals surface area contributed by atoms with Crippen LogP contribution >= 0.6 is 27.7 Å². The van der Waals surface area contributed by atoms with Gasteiger partial charge < -0.3 is 14.9 Å². The summed E-state index contributed by atoms with van der Waals surface area (Å²) >= 11 is 5.23. The van der Waals surface area contributed by atoms with E-state index in [-0.39, 0.29) is 40.8 Å². The number of carbonyl (C=O) groups excluding carboxylic acids is 1. The molecule has 2 aromatic carbocycles. The van der Waals surface area contributed by atoms with E-state index in [2.05, 4.69) is 28.1 Å². The molecule has 3 atom stereocenters. The Kier molecular flexibility index (Phi) is 4.95. The third-order valence-electron chi connectivity index (χ3n) is 5.29. The summed E-state index contributed by atoms with van der Waals surface area (Å²) in [6.45, 7) is 0. The van der Waals surface area contributed by atoms with Crippen LogP contribution in [0, 0.1) is 5.92 Å². The van der Waals surface area contributed by atoms with Crippen molar-refractivity contribution in [2.24, 2.45) is 5.92 Å². The van der Waals surface area contributed by atoms with Crippen LogP contribution in [0.25, 0.3) is 0 Å². The molecule has 0 heterocycles. The summed E-state index contributed by atoms with van der Waals surface area (Å²) < 4.78 is 6.26. The van der Waals surface area contributed by atoms with E-state index in [9.17, 15) is 15.0 Å². The molecule has 0 amide bonds. The van der Waals surface area contributed by atoms with Crippen LogP contribution < -0.4 is 0 Å². The molecule has 0 saturated carbocycles. The lowest BCUT2D eigenvalue weighted by Gasteiger charge is -2.39. The zero-order chi connectivity index (χ0) is 19.1. The van der Waals surface area contributed by atoms with Crippen molar-refractivity contribution in [2.75, 3.05) is 7.11 Å². The first-order chi connectivity index (χ1) is 13.0. The molecule has 140 valence electrons. The van der Waals surface area contributed by atoms with Crippen LogP contribution in [0.15, 0.2) is 57.6 Å². The first-order valence-corrected chi connectivity index (χ1v) is 10.4. The molecule has 0 aliphatic heterocycles. The Morgan fingerprint density at radius 2 is 2.04 bits per heavy atom. The molecule has 2 aliphatic carbocycles. The van der Waals surface area contributed by atoms with Gasteiger partial charge in [-0.15, -0.1) is 11.8 Å². The van der Waals surface area contributed by atoms with Crippen molar-refractivity contribution >= 4 is 33.5 Å². The number of carbonyl (C=O) groups is 1. The highest BCUT2D eigenvalue weighted by Gasteiger charge is 2.41. The van der Waals surface area contributed by atoms with E-state index in [1.165, 1.54) is 13.2 Å². The maximum absolute atomic E-state index is 12.3. The Morgan fingerprint density at radius 3 is 2.78 bits per heavy atom. The number of hydrogen-bond donors (Lipinski definition) is 2. The molecular weight excluding hydrogens is 428 g/mol. The van der Waals surface area contributed by atoms with E-state index in [0.717, 1.165) is 21.4 Å². The van der Waals surface area contributed by atoms with Gasteiger partial charge in [-0.2, -0.15) is 0 Å². The van der Waals surface area contributed by atoms with E-state index in [1.54, 1.807) is 11.8 Å². The van der Waals surface area contributed by atoms with Crippen LogP contribution in [-0.4, -0.2) is 23.1 Å². The van der Waals surface area contributed by atoms with Crippen LogP contribution in [0.2, 0.25) is 0 Å². The van der Waals surface area contributed by atoms with Gasteiger partial charge in [0, 0.05) is 32.5 Å². The number of ether oxygens (including phenoxy) is 1. The van der Waals surface area contributed by atoms with Crippen LogP contribution in [0.5, 0.6) is 11.5 Å². The number of thioether (sulfide) groups is 1. The van der Waals surface area contributed by atoms with E-state index in [1.807, 2.05) is 24.3 Å². The average Bonchev–Trinajstić information content (AvgIpc) is 2.64. The molecule has 6 heteroatoms. The molecule has 4 rings (SSSR count). The first kappa shape index (κ1) is 18.4. The van der Waals surface area contributed by atoms with Gasteiger partial charge in [0.2, 0.25) is 0 Å². The average molecular weight is 447 g/mol. The highest BCUT2D eigenvalue weighted by molar-refractivity contribution is 9.10. The lowest BCUT2D eigenvalue weighted by atomic mass is 9.69. The summed E-state index contributed by atoms with van der Waals surface area (Å²) in [5, 5.41) is 20.7. The Morgan fingerprint density at radius 1 is 1.22 bits per heavy atom. The smallest absolute Gasteiger partial charge is 0.197 e. The van der Waals surface area contributed by atoms with Gasteiger partial charge in [-0.1, -0.05) is 28.1 Å². The second-order valence-corrected chi connectivity index (χ2v) is 9.06. The minimum Gasteiger partial charge on any atom is -0.504 e. The van der Waals surface area contributed by atoms with Gasteiger partial charge in [-0.25, -0.2) is 0 Å². The maximum Gasteiger partial charge on any atom is 0.197 e. The van der Waals surface area contributed by atoms with Gasteiger partial charge in [-0.05, 0) is 48.2 Å². The number of Topliss-reactive ketones (excluding diaryl/α,β-unsaturated/α-hetero) is 1. The van der Waals surface area contributed by atoms with Crippen LogP contribution in [0.1, 0.15) is 35.1 Å². The highest BCUT2D eigenvalue weighted by atomic mass is 79.9. The molecule has 2 aliphatic rings. The number of phenolic OH excluding ortho intramolecular Hbond substituents is 2. The van der Waals surface area contributed by atoms with Crippen molar-refractivity contribution in [1.82, 2.24) is 0 Å². The summed E-state index contributed by atoms with van der Waals surface area (Å²) in [6, 6.07) is 11.5. The van der Waals surface area contributed by atoms with Crippen molar-refractivity contribution in [2.45, 2.75) is 28.9 Å². The molecule has 3 unspecified atom stereocenters. The summed E-state index contributed by atoms with van der Waals surface area (Å²) in [7, 11) is 1.51. The lowest BCUT2D eigenvalue weighted by molar-refractivity contribution is -0.119. The summed E-state index contributed by atoms with van der Waals surface area (Å²) in [6.07, 6.45) is 3.00. The SMILES string of the molecule is COC1=CC2CC(Sc3cccc(Br)c3)c3ccc(O)c(O)c3C2CC1=O. The summed E-state index contributed by atoms with van der Waals surface area (Å²) in [5.74, 6) is 0.00938. The number of methoxy groups -OCH3 is 1. The summed E-state index contributed by atoms with van der Waals surface area (Å²) in [4.78, 5) is 13.5. The second kappa shape index (κ2) is 7.24. The minimum absolute atomic E-state index is 0.0643. The number of fused-ring (bicyclic) bond motifs is 3. The van der Waals surface area contributed by atoms with Crippen molar-refractivity contribution in [3.8, 4) is 11.5 Å². The van der Waals surface area contributed by atoms with Gasteiger partial charge in [0.1, 0.15) is 0 Å². The number of benzene rings is 2. The molecule has 27 heavy (non-hydrogen) atoms. The van der Waals surface area contributed by atoms with E-state index >= 15 is 0 Å². The number of allylic oxidation sites excluding steroid dienone is 2. The molecular formula is C21H19BrO4S. The van der Waals surface area contributed by atoms with Crippen LogP contribution in [-0.2, 0) is 9.53 Å². The topological polar surface area (TPSA) is 66.8 Å². The maximum atomic E-state index is 12.3. The molecule has 0 fully saturated rings. The fraction of sp³-hybridized carbons (Fsp3) is 0.286. The number of aromatic hydroxyl groups is 2. The van der Waals surface area contributed by atoms with Gasteiger partial charge in [0.05, 0.1) is 7.11 Å². The number of ketones is 1. The zero-order valence-electron chi connectivity index (χ0n) is 14.7. The number of hydrogen-bond acceptors (Lipinski definition) is 5. The lowest BCUT2D eigenvalue weighted by Crippen LogP contribution is -2.29. The van der Waals surface area contributed by atoms with Gasteiger partial charge in [0.15, 0.2) is 23.0 Å². The molecule has 4 nitrogen and oxygen atoms in total. The van der Waals surface area contributed by atoms with Gasteiger partial charge in [0.25, 0.3) is 0 Å². The molecule has 2 N–H and O–H groups in total. The Balaban J connectivity index is 1.79. The largest absolute Gasteiger partial charge is 0.504 e. The van der Waals surface area contributed by atoms with E-state index in [0.29, 0.717) is 11.3 Å². The molecule has 2 aromatic rings. The zero-order valence-corrected chi connectivity index (χ0v) is 17.1. The molecule has 0 spiro atoms. The third kappa shape index (κ3) is 3.36. The minimum atomic E-state index is -0.144. The van der Waals surface area contributed by atoms with Crippen molar-refractivity contribution in [3.63, 3.8) is 0 Å². The van der Waals surface area contributed by atoms with E-state index < -0.39 is 0 Å². The predicted molar refractivity (Wildman–Crippen MR) is 108 cm³/mol. The summed E-state index contributed by atoms with van der Waals surface area (Å²) in [5.41, 5.74) is 1.68. The number of phenols is 2. The quantitative estimate of drug-likeness (QED) is 0.626. The highest BCUT2D eigenvalue weighted by Crippen LogP contribution is 2.56. The van der Waals surface area contributed by atoms with Crippen LogP contribution in [0.4, 0.5) is 0 Å². The van der Waals surface area contributed by atoms with E-state index in [4.69, 9.17) is 4.74 Å². The number of halogens is 1. The van der Waals surface area contributed by atoms with Crippen LogP contribution in [0.3, 0.4) is 0 Å². The molecule has 0 radical (unpaired) electrons. The van der Waals surface area contributed by atoms with Crippen molar-refractivity contribution < 1.29 is 19.7 Å². The monoisotopic (exact) mass is 446 g/mol. The van der Waals surface area contributed by atoms with Gasteiger partial charge >= 0.3 is 0 Å². The fourth-order valence-electron chi connectivity index (χ4n) is 4.06. The predicted octanol–water partition coefficient (Wildman–Crippen LogP) is 5.30. The van der Waals surface area contributed by atoms with Crippen molar-refractivity contribution in [3.05, 3.63) is 63.8 Å². The Hall–Kier alpha value is -1.92. The molecule has 0 saturated heterocycles.